The summed E-state index contributed by atoms with van der Waals surface area (Å²) >= 11 is 1.23. The fraction of sp³-hybridized carbons (Fsp3) is 0.158. The second-order valence-corrected chi connectivity index (χ2v) is 6.43. The lowest BCUT2D eigenvalue weighted by Gasteiger charge is -2.15. The number of carbonyl (C=O) groups is 2. The van der Waals surface area contributed by atoms with Crippen LogP contribution in [0.2, 0.25) is 0 Å². The molecule has 2 amide bonds. The Kier molecular flexibility index (Phi) is 5.13. The van der Waals surface area contributed by atoms with Crippen molar-refractivity contribution < 1.29 is 14.7 Å². The Bertz CT molecular complexity index is 772. The number of rotatable bonds is 6. The molecule has 0 aromatic heterocycles. The molecule has 2 aromatic carbocycles. The van der Waals surface area contributed by atoms with Crippen molar-refractivity contribution in [3.8, 4) is 0 Å². The first-order valence-corrected chi connectivity index (χ1v) is 8.64. The molecule has 24 heavy (non-hydrogen) atoms. The minimum atomic E-state index is -0.291. The van der Waals surface area contributed by atoms with Gasteiger partial charge in [0, 0.05) is 5.75 Å². The number of amides is 2. The molecule has 0 aliphatic carbocycles. The van der Waals surface area contributed by atoms with Crippen LogP contribution in [0.3, 0.4) is 0 Å². The van der Waals surface area contributed by atoms with Gasteiger partial charge in [0.25, 0.3) is 11.8 Å². The van der Waals surface area contributed by atoms with Crippen LogP contribution in [0.15, 0.2) is 65.6 Å². The molecule has 1 N–H and O–H groups in total. The smallest absolute Gasteiger partial charge is 0.268 e. The largest absolute Gasteiger partial charge is 0.396 e. The monoisotopic (exact) mass is 339 g/mol. The Labute approximate surface area is 144 Å². The normalized spacial score (nSPS) is 14.6. The molecule has 1 heterocycles. The maximum absolute atomic E-state index is 12.9. The van der Waals surface area contributed by atoms with Gasteiger partial charge in [-0.1, -0.05) is 60.7 Å². The van der Waals surface area contributed by atoms with Crippen LogP contribution in [0.1, 0.15) is 11.1 Å². The van der Waals surface area contributed by atoms with Crippen molar-refractivity contribution in [2.75, 3.05) is 12.4 Å². The summed E-state index contributed by atoms with van der Waals surface area (Å²) in [6.45, 7) is 0.203. The maximum Gasteiger partial charge on any atom is 0.268 e. The van der Waals surface area contributed by atoms with Crippen LogP contribution in [-0.4, -0.2) is 34.2 Å². The van der Waals surface area contributed by atoms with Gasteiger partial charge in [0.15, 0.2) is 0 Å². The molecule has 0 fully saturated rings. The van der Waals surface area contributed by atoms with E-state index in [-0.39, 0.29) is 25.0 Å². The van der Waals surface area contributed by atoms with Gasteiger partial charge < -0.3 is 5.11 Å². The van der Waals surface area contributed by atoms with Crippen molar-refractivity contribution in [3.05, 3.63) is 76.7 Å². The van der Waals surface area contributed by atoms with Crippen molar-refractivity contribution in [1.29, 1.82) is 0 Å². The molecule has 3 rings (SSSR count). The standard InChI is InChI=1S/C19H17NO3S/c21-11-12-24-17-16(15-9-5-2-6-10-15)18(22)20(19(17)23)13-14-7-3-1-4-8-14/h1-10,21H,11-13H2. The van der Waals surface area contributed by atoms with Crippen molar-refractivity contribution in [2.24, 2.45) is 0 Å². The van der Waals surface area contributed by atoms with Gasteiger partial charge in [0.2, 0.25) is 0 Å². The summed E-state index contributed by atoms with van der Waals surface area (Å²) in [6, 6.07) is 18.6. The number of aliphatic hydroxyl groups excluding tert-OH is 1. The summed E-state index contributed by atoms with van der Waals surface area (Å²) in [5, 5.41) is 9.08. The SMILES string of the molecule is O=C1C(SCCO)=C(c2ccccc2)C(=O)N1Cc1ccccc1. The third-order valence-corrected chi connectivity index (χ3v) is 4.76. The van der Waals surface area contributed by atoms with E-state index in [2.05, 4.69) is 0 Å². The van der Waals surface area contributed by atoms with Crippen molar-refractivity contribution in [1.82, 2.24) is 4.90 Å². The van der Waals surface area contributed by atoms with E-state index in [1.54, 1.807) is 0 Å². The molecule has 122 valence electrons. The fourth-order valence-corrected chi connectivity index (χ4v) is 3.48. The first-order valence-electron chi connectivity index (χ1n) is 7.66. The Morgan fingerprint density at radius 1 is 0.875 bits per heavy atom. The van der Waals surface area contributed by atoms with E-state index >= 15 is 0 Å². The summed E-state index contributed by atoms with van der Waals surface area (Å²) in [7, 11) is 0. The van der Waals surface area contributed by atoms with Crippen LogP contribution in [0.4, 0.5) is 0 Å². The number of imide groups is 1. The average molecular weight is 339 g/mol. The van der Waals surface area contributed by atoms with Crippen molar-refractivity contribution >= 4 is 29.1 Å². The zero-order chi connectivity index (χ0) is 16.9. The lowest BCUT2D eigenvalue weighted by molar-refractivity contribution is -0.137. The number of benzene rings is 2. The highest BCUT2D eigenvalue weighted by atomic mass is 32.2. The van der Waals surface area contributed by atoms with Gasteiger partial charge in [-0.15, -0.1) is 11.8 Å². The number of thioether (sulfide) groups is 1. The highest BCUT2D eigenvalue weighted by Gasteiger charge is 2.38. The van der Waals surface area contributed by atoms with Gasteiger partial charge in [-0.2, -0.15) is 0 Å². The quantitative estimate of drug-likeness (QED) is 0.822. The lowest BCUT2D eigenvalue weighted by atomic mass is 10.1. The van der Waals surface area contributed by atoms with Gasteiger partial charge >= 0.3 is 0 Å². The maximum atomic E-state index is 12.9. The minimum absolute atomic E-state index is 0.0452. The molecule has 0 atom stereocenters. The first-order chi connectivity index (χ1) is 11.7. The highest BCUT2D eigenvalue weighted by molar-refractivity contribution is 8.04. The lowest BCUT2D eigenvalue weighted by Crippen LogP contribution is -2.30. The summed E-state index contributed by atoms with van der Waals surface area (Å²) in [4.78, 5) is 27.3. The number of hydrogen-bond donors (Lipinski definition) is 1. The molecule has 0 spiro atoms. The van der Waals surface area contributed by atoms with E-state index in [0.29, 0.717) is 16.2 Å². The first kappa shape index (κ1) is 16.5. The molecule has 0 unspecified atom stereocenters. The van der Waals surface area contributed by atoms with E-state index in [4.69, 9.17) is 5.11 Å². The molecular formula is C19H17NO3S. The average Bonchev–Trinajstić information content (AvgIpc) is 2.86. The Balaban J connectivity index is 1.95. The topological polar surface area (TPSA) is 57.6 Å². The van der Waals surface area contributed by atoms with E-state index in [0.717, 1.165) is 11.1 Å². The van der Waals surface area contributed by atoms with Gasteiger partial charge in [0.1, 0.15) is 0 Å². The van der Waals surface area contributed by atoms with Crippen LogP contribution >= 0.6 is 11.8 Å². The zero-order valence-corrected chi connectivity index (χ0v) is 13.8. The fourth-order valence-electron chi connectivity index (χ4n) is 2.60. The summed E-state index contributed by atoms with van der Waals surface area (Å²) in [5.41, 5.74) is 2.06. The predicted molar refractivity (Wildman–Crippen MR) is 94.9 cm³/mol. The summed E-state index contributed by atoms with van der Waals surface area (Å²) < 4.78 is 0. The minimum Gasteiger partial charge on any atom is -0.396 e. The van der Waals surface area contributed by atoms with E-state index in [1.807, 2.05) is 60.7 Å². The number of hydrogen-bond acceptors (Lipinski definition) is 4. The number of carbonyl (C=O) groups excluding carboxylic acids is 2. The van der Waals surface area contributed by atoms with Crippen LogP contribution in [0.5, 0.6) is 0 Å². The molecular weight excluding hydrogens is 322 g/mol. The van der Waals surface area contributed by atoms with Crippen LogP contribution in [0, 0.1) is 0 Å². The molecule has 1 aliphatic heterocycles. The second-order valence-electron chi connectivity index (χ2n) is 5.32. The van der Waals surface area contributed by atoms with Crippen LogP contribution < -0.4 is 0 Å². The molecule has 2 aromatic rings. The third-order valence-electron chi connectivity index (χ3n) is 3.71. The Morgan fingerprint density at radius 2 is 1.50 bits per heavy atom. The molecule has 0 saturated carbocycles. The highest BCUT2D eigenvalue weighted by Crippen LogP contribution is 2.36. The third kappa shape index (κ3) is 3.27. The second kappa shape index (κ2) is 7.47. The van der Waals surface area contributed by atoms with Gasteiger partial charge in [0.05, 0.1) is 23.6 Å². The number of aliphatic hydroxyl groups is 1. The molecule has 5 heteroatoms. The Morgan fingerprint density at radius 3 is 2.12 bits per heavy atom. The van der Waals surface area contributed by atoms with E-state index < -0.39 is 0 Å². The summed E-state index contributed by atoms with van der Waals surface area (Å²) in [6.07, 6.45) is 0. The molecule has 0 radical (unpaired) electrons. The van der Waals surface area contributed by atoms with Crippen LogP contribution in [0.25, 0.3) is 5.57 Å². The predicted octanol–water partition coefficient (Wildman–Crippen LogP) is 2.69. The van der Waals surface area contributed by atoms with Crippen LogP contribution in [-0.2, 0) is 16.1 Å². The zero-order valence-electron chi connectivity index (χ0n) is 13.0. The van der Waals surface area contributed by atoms with Gasteiger partial charge in [-0.25, -0.2) is 0 Å². The molecule has 0 bridgehead atoms. The van der Waals surface area contributed by atoms with E-state index in [9.17, 15) is 9.59 Å². The van der Waals surface area contributed by atoms with Gasteiger partial charge in [-0.05, 0) is 11.1 Å². The summed E-state index contributed by atoms with van der Waals surface area (Å²) in [5.74, 6) is -0.194. The van der Waals surface area contributed by atoms with Gasteiger partial charge in [-0.3, -0.25) is 14.5 Å². The molecule has 1 aliphatic rings. The van der Waals surface area contributed by atoms with Crippen molar-refractivity contribution in [3.63, 3.8) is 0 Å². The molecule has 4 nitrogen and oxygen atoms in total. The van der Waals surface area contributed by atoms with E-state index in [1.165, 1.54) is 16.7 Å². The number of nitrogens with zero attached hydrogens (tertiary/aromatic N) is 1. The Hall–Kier alpha value is -2.37. The molecule has 0 saturated heterocycles. The van der Waals surface area contributed by atoms with Crippen molar-refractivity contribution in [2.45, 2.75) is 6.54 Å².